The molecule has 1 heterocycles. The Morgan fingerprint density at radius 3 is 2.03 bits per heavy atom. The SMILES string of the molecule is COc1ccc([C@@H]2C(=C(O)c3ccc(Cl)cc3)C(=O)C(=O)N2c2ccc(C(C)=O)cc2)cc1. The number of ketones is 2. The van der Waals surface area contributed by atoms with Gasteiger partial charge in [0.15, 0.2) is 5.78 Å². The zero-order chi connectivity index (χ0) is 23.7. The largest absolute Gasteiger partial charge is 0.507 e. The van der Waals surface area contributed by atoms with Crippen LogP contribution in [0.4, 0.5) is 5.69 Å². The molecule has 1 amide bonds. The van der Waals surface area contributed by atoms with E-state index in [2.05, 4.69) is 0 Å². The lowest BCUT2D eigenvalue weighted by molar-refractivity contribution is -0.132. The summed E-state index contributed by atoms with van der Waals surface area (Å²) in [5.74, 6) is -1.38. The molecule has 6 nitrogen and oxygen atoms in total. The summed E-state index contributed by atoms with van der Waals surface area (Å²) in [6, 6.07) is 18.8. The predicted molar refractivity (Wildman–Crippen MR) is 126 cm³/mol. The molecule has 1 aliphatic heterocycles. The number of hydrogen-bond donors (Lipinski definition) is 1. The second-order valence-electron chi connectivity index (χ2n) is 7.55. The second-order valence-corrected chi connectivity index (χ2v) is 7.99. The number of benzene rings is 3. The quantitative estimate of drug-likeness (QED) is 0.245. The molecular formula is C26H20ClNO5. The highest BCUT2D eigenvalue weighted by Gasteiger charge is 2.47. The van der Waals surface area contributed by atoms with Crippen molar-refractivity contribution in [1.29, 1.82) is 0 Å². The van der Waals surface area contributed by atoms with E-state index in [4.69, 9.17) is 16.3 Å². The van der Waals surface area contributed by atoms with Crippen molar-refractivity contribution >= 4 is 40.5 Å². The summed E-state index contributed by atoms with van der Waals surface area (Å²) in [5.41, 5.74) is 1.85. The van der Waals surface area contributed by atoms with E-state index in [1.165, 1.54) is 18.9 Å². The number of halogens is 1. The maximum Gasteiger partial charge on any atom is 0.300 e. The van der Waals surface area contributed by atoms with Crippen molar-refractivity contribution in [2.45, 2.75) is 13.0 Å². The first-order valence-corrected chi connectivity index (χ1v) is 10.5. The molecule has 3 aromatic carbocycles. The molecule has 1 aliphatic rings. The Hall–Kier alpha value is -3.90. The van der Waals surface area contributed by atoms with Crippen molar-refractivity contribution < 1.29 is 24.2 Å². The summed E-state index contributed by atoms with van der Waals surface area (Å²) in [6.07, 6.45) is 0. The highest BCUT2D eigenvalue weighted by Crippen LogP contribution is 2.42. The van der Waals surface area contributed by atoms with Crippen LogP contribution in [0.5, 0.6) is 5.75 Å². The number of carbonyl (C=O) groups is 3. The molecule has 7 heteroatoms. The van der Waals surface area contributed by atoms with E-state index in [0.29, 0.717) is 33.1 Å². The number of nitrogens with zero attached hydrogens (tertiary/aromatic N) is 1. The molecule has 1 atom stereocenters. The minimum Gasteiger partial charge on any atom is -0.507 e. The van der Waals surface area contributed by atoms with Crippen LogP contribution in [0.2, 0.25) is 5.02 Å². The van der Waals surface area contributed by atoms with Crippen molar-refractivity contribution in [3.8, 4) is 5.75 Å². The minimum atomic E-state index is -0.880. The Balaban J connectivity index is 1.90. The van der Waals surface area contributed by atoms with Gasteiger partial charge in [-0.2, -0.15) is 0 Å². The summed E-state index contributed by atoms with van der Waals surface area (Å²) in [5, 5.41) is 11.6. The maximum atomic E-state index is 13.2. The monoisotopic (exact) mass is 461 g/mol. The summed E-state index contributed by atoms with van der Waals surface area (Å²) in [6.45, 7) is 1.45. The third kappa shape index (κ3) is 4.13. The topological polar surface area (TPSA) is 83.9 Å². The van der Waals surface area contributed by atoms with Crippen LogP contribution in [0.25, 0.3) is 5.76 Å². The summed E-state index contributed by atoms with van der Waals surface area (Å²) >= 11 is 5.96. The number of aliphatic hydroxyl groups excluding tert-OH is 1. The van der Waals surface area contributed by atoms with Gasteiger partial charge in [0.25, 0.3) is 11.7 Å². The summed E-state index contributed by atoms with van der Waals surface area (Å²) in [7, 11) is 1.54. The number of ether oxygens (including phenoxy) is 1. The number of aliphatic hydroxyl groups is 1. The Morgan fingerprint density at radius 2 is 1.48 bits per heavy atom. The first kappa shape index (κ1) is 22.3. The summed E-state index contributed by atoms with van der Waals surface area (Å²) < 4.78 is 5.22. The van der Waals surface area contributed by atoms with Gasteiger partial charge in [-0.15, -0.1) is 0 Å². The Labute approximate surface area is 195 Å². The summed E-state index contributed by atoms with van der Waals surface area (Å²) in [4.78, 5) is 39.3. The van der Waals surface area contributed by atoms with Gasteiger partial charge >= 0.3 is 0 Å². The third-order valence-corrected chi connectivity index (χ3v) is 5.80. The lowest BCUT2D eigenvalue weighted by atomic mass is 9.95. The fourth-order valence-corrected chi connectivity index (χ4v) is 3.95. The van der Waals surface area contributed by atoms with Crippen LogP contribution in [0.15, 0.2) is 78.4 Å². The van der Waals surface area contributed by atoms with Gasteiger partial charge in [-0.3, -0.25) is 19.3 Å². The van der Waals surface area contributed by atoms with E-state index in [1.807, 2.05) is 0 Å². The van der Waals surface area contributed by atoms with E-state index in [9.17, 15) is 19.5 Å². The number of methoxy groups -OCH3 is 1. The first-order chi connectivity index (χ1) is 15.8. The van der Waals surface area contributed by atoms with Crippen molar-refractivity contribution in [3.05, 3.63) is 100 Å². The van der Waals surface area contributed by atoms with Crippen molar-refractivity contribution in [1.82, 2.24) is 0 Å². The number of Topliss-reactive ketones (excluding diaryl/α,β-unsaturated/α-hetero) is 2. The Morgan fingerprint density at radius 1 is 0.909 bits per heavy atom. The lowest BCUT2D eigenvalue weighted by Crippen LogP contribution is -2.29. The smallest absolute Gasteiger partial charge is 0.300 e. The second kappa shape index (κ2) is 8.92. The molecule has 3 aromatic rings. The van der Waals surface area contributed by atoms with Crippen LogP contribution >= 0.6 is 11.6 Å². The molecule has 166 valence electrons. The Bertz CT molecular complexity index is 1260. The van der Waals surface area contributed by atoms with Gasteiger partial charge in [-0.05, 0) is 73.2 Å². The molecule has 1 fully saturated rings. The van der Waals surface area contributed by atoms with E-state index < -0.39 is 17.7 Å². The minimum absolute atomic E-state index is 0.0388. The normalized spacial score (nSPS) is 17.3. The molecule has 1 saturated heterocycles. The van der Waals surface area contributed by atoms with Gasteiger partial charge in [-0.1, -0.05) is 23.7 Å². The molecule has 0 aromatic heterocycles. The zero-order valence-corrected chi connectivity index (χ0v) is 18.7. The number of anilines is 1. The molecule has 33 heavy (non-hydrogen) atoms. The highest BCUT2D eigenvalue weighted by atomic mass is 35.5. The number of amides is 1. The van der Waals surface area contributed by atoms with Crippen LogP contribution < -0.4 is 9.64 Å². The number of hydrogen-bond acceptors (Lipinski definition) is 5. The molecule has 0 bridgehead atoms. The molecule has 4 rings (SSSR count). The zero-order valence-electron chi connectivity index (χ0n) is 17.9. The fraction of sp³-hybridized carbons (Fsp3) is 0.115. The molecule has 1 N–H and O–H groups in total. The lowest BCUT2D eigenvalue weighted by Gasteiger charge is -2.25. The van der Waals surface area contributed by atoms with Crippen LogP contribution in [0, 0.1) is 0 Å². The van der Waals surface area contributed by atoms with Crippen LogP contribution in [-0.2, 0) is 9.59 Å². The standard InChI is InChI=1S/C26H20ClNO5/c1-15(29)16-5-11-20(12-6-16)28-23(17-7-13-21(33-2)14-8-17)22(25(31)26(28)32)24(30)18-3-9-19(27)10-4-18/h3-14,23,30H,1-2H3/t23-/m1/s1. The van der Waals surface area contributed by atoms with Crippen LogP contribution in [0.1, 0.15) is 34.5 Å². The number of carbonyl (C=O) groups excluding carboxylic acids is 3. The predicted octanol–water partition coefficient (Wildman–Crippen LogP) is 5.18. The molecule has 0 spiro atoms. The molecule has 0 saturated carbocycles. The molecule has 0 unspecified atom stereocenters. The maximum absolute atomic E-state index is 13.2. The average Bonchev–Trinajstić information content (AvgIpc) is 3.09. The van der Waals surface area contributed by atoms with Crippen LogP contribution in [-0.4, -0.2) is 29.7 Å². The van der Waals surface area contributed by atoms with Crippen molar-refractivity contribution in [2.24, 2.45) is 0 Å². The molecule has 0 aliphatic carbocycles. The molecular weight excluding hydrogens is 442 g/mol. The van der Waals surface area contributed by atoms with Crippen LogP contribution in [0.3, 0.4) is 0 Å². The van der Waals surface area contributed by atoms with Gasteiger partial charge in [0.2, 0.25) is 0 Å². The van der Waals surface area contributed by atoms with Gasteiger partial charge in [-0.25, -0.2) is 0 Å². The van der Waals surface area contributed by atoms with Gasteiger partial charge < -0.3 is 9.84 Å². The fourth-order valence-electron chi connectivity index (χ4n) is 3.82. The average molecular weight is 462 g/mol. The van der Waals surface area contributed by atoms with E-state index in [-0.39, 0.29) is 17.1 Å². The number of rotatable bonds is 5. The van der Waals surface area contributed by atoms with E-state index in [0.717, 1.165) is 0 Å². The van der Waals surface area contributed by atoms with E-state index in [1.54, 1.807) is 72.8 Å². The molecule has 0 radical (unpaired) electrons. The van der Waals surface area contributed by atoms with Gasteiger partial charge in [0.1, 0.15) is 11.5 Å². The van der Waals surface area contributed by atoms with Crippen molar-refractivity contribution in [3.63, 3.8) is 0 Å². The highest BCUT2D eigenvalue weighted by molar-refractivity contribution is 6.51. The Kier molecular flexibility index (Phi) is 6.03. The first-order valence-electron chi connectivity index (χ1n) is 10.1. The third-order valence-electron chi connectivity index (χ3n) is 5.55. The van der Waals surface area contributed by atoms with Gasteiger partial charge in [0.05, 0.1) is 18.7 Å². The van der Waals surface area contributed by atoms with Gasteiger partial charge in [0, 0.05) is 21.8 Å². The van der Waals surface area contributed by atoms with Crippen molar-refractivity contribution in [2.75, 3.05) is 12.0 Å². The van der Waals surface area contributed by atoms with E-state index >= 15 is 0 Å².